The first-order valence-electron chi connectivity index (χ1n) is 18.2. The monoisotopic (exact) mass is 702 g/mol. The molecule has 4 N–H and O–H groups in total. The van der Waals surface area contributed by atoms with E-state index < -0.39 is 35.4 Å². The largest absolute Gasteiger partial charge is 0.372 e. The van der Waals surface area contributed by atoms with Crippen molar-refractivity contribution in [1.82, 2.24) is 30.6 Å². The Morgan fingerprint density at radius 2 is 1.14 bits per heavy atom. The highest BCUT2D eigenvalue weighted by Gasteiger charge is 2.40. The van der Waals surface area contributed by atoms with Crippen LogP contribution in [0.1, 0.15) is 99.3 Å². The minimum atomic E-state index is -0.730. The third-order valence-corrected chi connectivity index (χ3v) is 11.2. The summed E-state index contributed by atoms with van der Waals surface area (Å²) < 4.78 is 70.6. The first kappa shape index (κ1) is 32.7. The van der Waals surface area contributed by atoms with E-state index in [1.807, 2.05) is 13.8 Å². The molecule has 0 amide bonds. The first-order valence-corrected chi connectivity index (χ1v) is 18.2. The van der Waals surface area contributed by atoms with E-state index >= 15 is 17.6 Å². The highest BCUT2D eigenvalue weighted by atomic mass is 19.1. The van der Waals surface area contributed by atoms with Gasteiger partial charge in [0, 0.05) is 42.0 Å². The van der Waals surface area contributed by atoms with Crippen LogP contribution in [-0.4, -0.2) is 58.3 Å². The van der Waals surface area contributed by atoms with Gasteiger partial charge in [0.15, 0.2) is 11.6 Å². The number of hydrogen-bond donors (Lipinski definition) is 4. The first-order chi connectivity index (χ1) is 24.7. The van der Waals surface area contributed by atoms with Crippen molar-refractivity contribution in [2.45, 2.75) is 88.7 Å². The second kappa shape index (κ2) is 12.8. The standard InChI is InChI=1S/C38H42F4N8O/c1-19-17-49(18-20(2)51-19)36-26(41)11-21(12-27(36)42)50-34(22-13-30-32(15-24(22)39)47-37(45-30)28-5-3-9-43-28)7-8-35(50)23-14-31-33(16-25(23)40)48-38(46-31)29-6-4-10-44-29/h11-16,19-20,28-29,34-35,43-44H,3-10,17-18H2,1-2H3,(H,45,47)(H,46,48)/t19-,20+,28?,29?,34-,35-/m1/s1. The zero-order valence-corrected chi connectivity index (χ0v) is 28.7. The number of nitrogens with one attached hydrogen (secondary N) is 4. The van der Waals surface area contributed by atoms with Crippen LogP contribution < -0.4 is 20.4 Å². The van der Waals surface area contributed by atoms with Crippen molar-refractivity contribution >= 4 is 33.4 Å². The van der Waals surface area contributed by atoms with Gasteiger partial charge in [-0.25, -0.2) is 27.5 Å². The maximum absolute atomic E-state index is 16.2. The van der Waals surface area contributed by atoms with Gasteiger partial charge in [0.25, 0.3) is 0 Å². The van der Waals surface area contributed by atoms with Crippen LogP contribution in [0, 0.1) is 23.3 Å². The molecule has 0 saturated carbocycles. The molecule has 0 bridgehead atoms. The summed E-state index contributed by atoms with van der Waals surface area (Å²) in [5, 5.41) is 6.85. The number of benzene rings is 3. The van der Waals surface area contributed by atoms with Gasteiger partial charge in [-0.2, -0.15) is 0 Å². The van der Waals surface area contributed by atoms with Crippen LogP contribution in [0.4, 0.5) is 28.9 Å². The van der Waals surface area contributed by atoms with Crippen molar-refractivity contribution in [2.75, 3.05) is 36.0 Å². The predicted molar refractivity (Wildman–Crippen MR) is 188 cm³/mol. The zero-order chi connectivity index (χ0) is 35.0. The minimum Gasteiger partial charge on any atom is -0.372 e. The number of aromatic nitrogens is 4. The molecule has 2 aromatic heterocycles. The van der Waals surface area contributed by atoms with Crippen molar-refractivity contribution < 1.29 is 22.3 Å². The van der Waals surface area contributed by atoms with E-state index in [4.69, 9.17) is 4.74 Å². The number of H-pyrrole nitrogens is 2. The van der Waals surface area contributed by atoms with Gasteiger partial charge in [0.1, 0.15) is 29.0 Å². The molecule has 6 atom stereocenters. The number of anilines is 2. The number of hydrogen-bond acceptors (Lipinski definition) is 7. The Bertz CT molecular complexity index is 1960. The van der Waals surface area contributed by atoms with Gasteiger partial charge >= 0.3 is 0 Å². The van der Waals surface area contributed by atoms with Crippen LogP contribution in [0.25, 0.3) is 22.1 Å². The lowest BCUT2D eigenvalue weighted by molar-refractivity contribution is -0.00558. The van der Waals surface area contributed by atoms with E-state index in [0.717, 1.165) is 50.4 Å². The lowest BCUT2D eigenvalue weighted by Gasteiger charge is -2.38. The van der Waals surface area contributed by atoms with E-state index in [-0.39, 0.29) is 35.7 Å². The summed E-state index contributed by atoms with van der Waals surface area (Å²) in [6.45, 7) is 6.23. The molecule has 13 heteroatoms. The molecule has 4 fully saturated rings. The molecule has 0 spiro atoms. The number of fused-ring (bicyclic) bond motifs is 2. The van der Waals surface area contributed by atoms with Gasteiger partial charge < -0.3 is 35.1 Å². The Morgan fingerprint density at radius 1 is 0.647 bits per heavy atom. The molecule has 0 radical (unpaired) electrons. The zero-order valence-electron chi connectivity index (χ0n) is 28.7. The molecule has 4 aliphatic heterocycles. The van der Waals surface area contributed by atoms with Gasteiger partial charge in [-0.05, 0) is 89.7 Å². The molecule has 2 unspecified atom stereocenters. The predicted octanol–water partition coefficient (Wildman–Crippen LogP) is 7.54. The summed E-state index contributed by atoms with van der Waals surface area (Å²) in [6.07, 6.45) is 4.41. The number of aromatic amines is 2. The number of morpholine rings is 1. The Kier molecular flexibility index (Phi) is 8.19. The van der Waals surface area contributed by atoms with E-state index in [1.54, 1.807) is 21.9 Å². The van der Waals surface area contributed by atoms with Crippen molar-refractivity contribution in [3.05, 3.63) is 82.4 Å². The van der Waals surface area contributed by atoms with Gasteiger partial charge in [-0.1, -0.05) is 0 Å². The third kappa shape index (κ3) is 5.83. The summed E-state index contributed by atoms with van der Waals surface area (Å²) in [7, 11) is 0. The van der Waals surface area contributed by atoms with Gasteiger partial charge in [-0.3, -0.25) is 0 Å². The van der Waals surface area contributed by atoms with Crippen LogP contribution in [-0.2, 0) is 4.74 Å². The Balaban J connectivity index is 1.14. The average molecular weight is 703 g/mol. The minimum absolute atomic E-state index is 0.0727. The van der Waals surface area contributed by atoms with Crippen LogP contribution >= 0.6 is 0 Å². The summed E-state index contributed by atoms with van der Waals surface area (Å²) in [4.78, 5) is 19.6. The second-order valence-electron chi connectivity index (χ2n) is 14.8. The normalized spacial score (nSPS) is 27.1. The molecule has 9 nitrogen and oxygen atoms in total. The Labute approximate surface area is 293 Å². The molecule has 0 aliphatic carbocycles. The molecular weight excluding hydrogens is 660 g/mol. The molecule has 3 aromatic carbocycles. The number of rotatable bonds is 6. The van der Waals surface area contributed by atoms with Gasteiger partial charge in [0.2, 0.25) is 0 Å². The molecule has 4 saturated heterocycles. The molecule has 6 heterocycles. The second-order valence-corrected chi connectivity index (χ2v) is 14.8. The summed E-state index contributed by atoms with van der Waals surface area (Å²) in [5.41, 5.74) is 3.20. The van der Waals surface area contributed by atoms with E-state index in [2.05, 4.69) is 30.6 Å². The number of halogens is 4. The maximum atomic E-state index is 16.2. The van der Waals surface area contributed by atoms with Crippen molar-refractivity contribution in [3.8, 4) is 0 Å². The highest BCUT2D eigenvalue weighted by Crippen LogP contribution is 2.50. The topological polar surface area (TPSA) is 97.1 Å². The van der Waals surface area contributed by atoms with Crippen molar-refractivity contribution in [2.24, 2.45) is 0 Å². The number of nitrogens with zero attached hydrogens (tertiary/aromatic N) is 4. The SMILES string of the molecule is C[C@@H]1CN(c2c(F)cc(N3[C@@H](c4cc5[nH]c(C6CCCN6)nc5cc4F)CC[C@@H]3c3cc4[nH]c(C5CCCN5)nc4cc3F)cc2F)C[C@H](C)O1. The molecule has 5 aromatic rings. The summed E-state index contributed by atoms with van der Waals surface area (Å²) >= 11 is 0. The van der Waals surface area contributed by atoms with Crippen LogP contribution in [0.2, 0.25) is 0 Å². The van der Waals surface area contributed by atoms with Gasteiger partial charge in [0.05, 0.1) is 58.4 Å². The molecule has 4 aliphatic rings. The molecule has 51 heavy (non-hydrogen) atoms. The van der Waals surface area contributed by atoms with Crippen LogP contribution in [0.5, 0.6) is 0 Å². The molecular formula is C38H42F4N8O. The van der Waals surface area contributed by atoms with Crippen molar-refractivity contribution in [3.63, 3.8) is 0 Å². The fraction of sp³-hybridized carbons (Fsp3) is 0.474. The maximum Gasteiger partial charge on any atom is 0.151 e. The van der Waals surface area contributed by atoms with Crippen LogP contribution in [0.15, 0.2) is 36.4 Å². The highest BCUT2D eigenvalue weighted by molar-refractivity contribution is 5.78. The molecule has 9 rings (SSSR count). The third-order valence-electron chi connectivity index (χ3n) is 11.2. The lowest BCUT2D eigenvalue weighted by atomic mass is 10.0. The fourth-order valence-electron chi connectivity index (χ4n) is 8.96. The quantitative estimate of drug-likeness (QED) is 0.136. The van der Waals surface area contributed by atoms with Crippen LogP contribution in [0.3, 0.4) is 0 Å². The lowest BCUT2D eigenvalue weighted by Crippen LogP contribution is -2.46. The Morgan fingerprint density at radius 3 is 1.59 bits per heavy atom. The number of imidazole rings is 2. The van der Waals surface area contributed by atoms with E-state index in [1.165, 1.54) is 24.3 Å². The summed E-state index contributed by atoms with van der Waals surface area (Å²) in [6, 6.07) is 7.83. The van der Waals surface area contributed by atoms with E-state index in [9.17, 15) is 0 Å². The smallest absolute Gasteiger partial charge is 0.151 e. The molecule has 268 valence electrons. The Hall–Kier alpha value is -4.20. The van der Waals surface area contributed by atoms with Gasteiger partial charge in [-0.15, -0.1) is 0 Å². The van der Waals surface area contributed by atoms with Crippen molar-refractivity contribution in [1.29, 1.82) is 0 Å². The van der Waals surface area contributed by atoms with E-state index in [0.29, 0.717) is 59.1 Å². The average Bonchev–Trinajstić information content (AvgIpc) is 3.92. The summed E-state index contributed by atoms with van der Waals surface area (Å²) in [5.74, 6) is -0.882. The fourth-order valence-corrected chi connectivity index (χ4v) is 8.96. The number of ether oxygens (including phenoxy) is 1.